The van der Waals surface area contributed by atoms with Crippen LogP contribution in [-0.2, 0) is 6.54 Å². The summed E-state index contributed by atoms with van der Waals surface area (Å²) in [6, 6.07) is 0. The Hall–Kier alpha value is -1.03. The van der Waals surface area contributed by atoms with E-state index in [1.165, 1.54) is 0 Å². The SMILES string of the molecule is CCCC(Cl)CNc1nccn(CCC)c1=O. The standard InChI is InChI=1S/C12H20ClN3O/c1-3-5-10(13)9-15-11-12(17)16(7-4-2)8-6-14-11/h6,8,10H,3-5,7,9H2,1-2H3,(H,14,15). The van der Waals surface area contributed by atoms with Crippen LogP contribution >= 0.6 is 11.6 Å². The third kappa shape index (κ3) is 4.38. The summed E-state index contributed by atoms with van der Waals surface area (Å²) >= 11 is 6.09. The summed E-state index contributed by atoms with van der Waals surface area (Å²) in [5.41, 5.74) is -0.0743. The average Bonchev–Trinajstić information content (AvgIpc) is 2.31. The highest BCUT2D eigenvalue weighted by atomic mass is 35.5. The highest BCUT2D eigenvalue weighted by Crippen LogP contribution is 2.05. The van der Waals surface area contributed by atoms with Crippen LogP contribution in [0.4, 0.5) is 5.82 Å². The number of halogens is 1. The molecule has 1 aromatic heterocycles. The van der Waals surface area contributed by atoms with Crippen LogP contribution in [0.5, 0.6) is 0 Å². The largest absolute Gasteiger partial charge is 0.364 e. The van der Waals surface area contributed by atoms with Crippen molar-refractivity contribution in [3.05, 3.63) is 22.7 Å². The van der Waals surface area contributed by atoms with Crippen LogP contribution in [-0.4, -0.2) is 21.5 Å². The lowest BCUT2D eigenvalue weighted by Gasteiger charge is -2.11. The number of hydrogen-bond acceptors (Lipinski definition) is 3. The minimum Gasteiger partial charge on any atom is -0.364 e. The number of rotatable bonds is 7. The molecule has 0 spiro atoms. The molecule has 0 bridgehead atoms. The smallest absolute Gasteiger partial charge is 0.293 e. The fraction of sp³-hybridized carbons (Fsp3) is 0.667. The minimum absolute atomic E-state index is 0.0426. The van der Waals surface area contributed by atoms with Gasteiger partial charge in [0.25, 0.3) is 5.56 Å². The number of nitrogens with zero attached hydrogens (tertiary/aromatic N) is 2. The van der Waals surface area contributed by atoms with E-state index in [0.29, 0.717) is 12.4 Å². The Labute approximate surface area is 107 Å². The lowest BCUT2D eigenvalue weighted by atomic mass is 10.2. The predicted octanol–water partition coefficient (Wildman–Crippen LogP) is 2.47. The highest BCUT2D eigenvalue weighted by molar-refractivity contribution is 6.20. The number of anilines is 1. The second-order valence-corrected chi connectivity index (χ2v) is 4.66. The number of aromatic nitrogens is 2. The lowest BCUT2D eigenvalue weighted by Crippen LogP contribution is -2.26. The van der Waals surface area contributed by atoms with Gasteiger partial charge >= 0.3 is 0 Å². The third-order valence-corrected chi connectivity index (χ3v) is 2.84. The van der Waals surface area contributed by atoms with Gasteiger partial charge in [0, 0.05) is 25.5 Å². The monoisotopic (exact) mass is 257 g/mol. The molecule has 1 aromatic rings. The number of aryl methyl sites for hydroxylation is 1. The van der Waals surface area contributed by atoms with E-state index in [9.17, 15) is 4.79 Å². The van der Waals surface area contributed by atoms with E-state index in [4.69, 9.17) is 11.6 Å². The first-order chi connectivity index (χ1) is 8.19. The van der Waals surface area contributed by atoms with Crippen molar-refractivity contribution in [3.63, 3.8) is 0 Å². The Kier molecular flexibility index (Phi) is 6.05. The van der Waals surface area contributed by atoms with Crippen molar-refractivity contribution < 1.29 is 0 Å². The molecule has 17 heavy (non-hydrogen) atoms. The Balaban J connectivity index is 2.65. The van der Waals surface area contributed by atoms with Gasteiger partial charge in [0.05, 0.1) is 5.38 Å². The first-order valence-corrected chi connectivity index (χ1v) is 6.56. The maximum Gasteiger partial charge on any atom is 0.293 e. The van der Waals surface area contributed by atoms with Crippen molar-refractivity contribution in [2.45, 2.75) is 45.0 Å². The molecular formula is C12H20ClN3O. The summed E-state index contributed by atoms with van der Waals surface area (Å²) in [7, 11) is 0. The van der Waals surface area contributed by atoms with Crippen LogP contribution in [0.15, 0.2) is 17.2 Å². The fourth-order valence-corrected chi connectivity index (χ4v) is 1.90. The van der Waals surface area contributed by atoms with Gasteiger partial charge in [-0.2, -0.15) is 0 Å². The van der Waals surface area contributed by atoms with Gasteiger partial charge in [0.15, 0.2) is 5.82 Å². The molecule has 1 N–H and O–H groups in total. The van der Waals surface area contributed by atoms with E-state index < -0.39 is 0 Å². The van der Waals surface area contributed by atoms with Crippen LogP contribution in [0, 0.1) is 0 Å². The zero-order chi connectivity index (χ0) is 12.7. The van der Waals surface area contributed by atoms with E-state index in [1.807, 2.05) is 6.92 Å². The molecule has 0 saturated carbocycles. The Bertz CT molecular complexity index is 392. The zero-order valence-corrected chi connectivity index (χ0v) is 11.2. The van der Waals surface area contributed by atoms with E-state index in [2.05, 4.69) is 17.2 Å². The molecule has 4 nitrogen and oxygen atoms in total. The van der Waals surface area contributed by atoms with Gasteiger partial charge in [0.2, 0.25) is 0 Å². The van der Waals surface area contributed by atoms with Crippen LogP contribution in [0.2, 0.25) is 0 Å². The van der Waals surface area contributed by atoms with Gasteiger partial charge in [-0.05, 0) is 12.8 Å². The third-order valence-electron chi connectivity index (χ3n) is 2.47. The molecule has 1 unspecified atom stereocenters. The normalized spacial score (nSPS) is 12.4. The van der Waals surface area contributed by atoms with Crippen LogP contribution in [0.25, 0.3) is 0 Å². The highest BCUT2D eigenvalue weighted by Gasteiger charge is 2.07. The topological polar surface area (TPSA) is 46.9 Å². The molecule has 1 heterocycles. The van der Waals surface area contributed by atoms with Crippen molar-refractivity contribution in [1.29, 1.82) is 0 Å². The van der Waals surface area contributed by atoms with Crippen molar-refractivity contribution in [2.75, 3.05) is 11.9 Å². The van der Waals surface area contributed by atoms with Gasteiger partial charge in [0.1, 0.15) is 0 Å². The molecule has 0 amide bonds. The Morgan fingerprint density at radius 3 is 2.88 bits per heavy atom. The minimum atomic E-state index is -0.0743. The van der Waals surface area contributed by atoms with Crippen molar-refractivity contribution in [1.82, 2.24) is 9.55 Å². The second-order valence-electron chi connectivity index (χ2n) is 4.04. The average molecular weight is 258 g/mol. The van der Waals surface area contributed by atoms with Crippen molar-refractivity contribution in [2.24, 2.45) is 0 Å². The summed E-state index contributed by atoms with van der Waals surface area (Å²) in [5.74, 6) is 0.391. The van der Waals surface area contributed by atoms with E-state index in [-0.39, 0.29) is 10.9 Å². The molecule has 5 heteroatoms. The quantitative estimate of drug-likeness (QED) is 0.764. The van der Waals surface area contributed by atoms with Gasteiger partial charge in [-0.1, -0.05) is 20.3 Å². The van der Waals surface area contributed by atoms with E-state index >= 15 is 0 Å². The first-order valence-electron chi connectivity index (χ1n) is 6.12. The molecule has 0 aliphatic heterocycles. The van der Waals surface area contributed by atoms with E-state index in [1.54, 1.807) is 17.0 Å². The number of hydrogen-bond donors (Lipinski definition) is 1. The molecule has 1 atom stereocenters. The number of alkyl halides is 1. The van der Waals surface area contributed by atoms with Gasteiger partial charge in [-0.3, -0.25) is 4.79 Å². The molecule has 0 aromatic carbocycles. The molecule has 0 aliphatic rings. The maximum atomic E-state index is 11.9. The zero-order valence-electron chi connectivity index (χ0n) is 10.4. The van der Waals surface area contributed by atoms with Crippen molar-refractivity contribution in [3.8, 4) is 0 Å². The number of nitrogens with one attached hydrogen (secondary N) is 1. The lowest BCUT2D eigenvalue weighted by molar-refractivity contribution is 0.648. The molecule has 0 fully saturated rings. The summed E-state index contributed by atoms with van der Waals surface area (Å²) in [6.45, 7) is 5.42. The van der Waals surface area contributed by atoms with Crippen LogP contribution in [0.3, 0.4) is 0 Å². The van der Waals surface area contributed by atoms with E-state index in [0.717, 1.165) is 25.8 Å². The fourth-order valence-electron chi connectivity index (χ4n) is 1.61. The molecule has 0 saturated heterocycles. The van der Waals surface area contributed by atoms with Crippen LogP contribution in [0.1, 0.15) is 33.1 Å². The summed E-state index contributed by atoms with van der Waals surface area (Å²) in [4.78, 5) is 16.0. The summed E-state index contributed by atoms with van der Waals surface area (Å²) < 4.78 is 1.67. The Morgan fingerprint density at radius 2 is 2.24 bits per heavy atom. The van der Waals surface area contributed by atoms with Crippen molar-refractivity contribution >= 4 is 17.4 Å². The predicted molar refractivity (Wildman–Crippen MR) is 71.8 cm³/mol. The first kappa shape index (κ1) is 14.0. The summed E-state index contributed by atoms with van der Waals surface area (Å²) in [5, 5.41) is 3.06. The maximum absolute atomic E-state index is 11.9. The molecule has 96 valence electrons. The molecule has 0 aliphatic carbocycles. The second kappa shape index (κ2) is 7.33. The van der Waals surface area contributed by atoms with Gasteiger partial charge in [-0.25, -0.2) is 4.98 Å². The molecule has 0 radical (unpaired) electrons. The van der Waals surface area contributed by atoms with Gasteiger partial charge < -0.3 is 9.88 Å². The van der Waals surface area contributed by atoms with Gasteiger partial charge in [-0.15, -0.1) is 11.6 Å². The molecule has 1 rings (SSSR count). The molecular weight excluding hydrogens is 238 g/mol. The summed E-state index contributed by atoms with van der Waals surface area (Å²) in [6.07, 6.45) is 6.25. The van der Waals surface area contributed by atoms with Crippen LogP contribution < -0.4 is 10.9 Å². The Morgan fingerprint density at radius 1 is 1.47 bits per heavy atom.